The highest BCUT2D eigenvalue weighted by Gasteiger charge is 2.08. The first-order valence-electron chi connectivity index (χ1n) is 5.00. The molecule has 0 spiro atoms. The molecule has 0 nitrogen and oxygen atoms in total. The SMILES string of the molecule is CCCCC(Br)c1ccc(CC)s1. The van der Waals surface area contributed by atoms with Crippen molar-refractivity contribution in [2.75, 3.05) is 0 Å². The summed E-state index contributed by atoms with van der Waals surface area (Å²) in [6.45, 7) is 4.45. The Morgan fingerprint density at radius 1 is 1.38 bits per heavy atom. The van der Waals surface area contributed by atoms with E-state index in [9.17, 15) is 0 Å². The first-order valence-corrected chi connectivity index (χ1v) is 6.73. The minimum absolute atomic E-state index is 0.581. The van der Waals surface area contributed by atoms with Gasteiger partial charge in [0.25, 0.3) is 0 Å². The average molecular weight is 261 g/mol. The van der Waals surface area contributed by atoms with Crippen LogP contribution in [0.4, 0.5) is 0 Å². The Balaban J connectivity index is 2.50. The lowest BCUT2D eigenvalue weighted by atomic mass is 10.2. The van der Waals surface area contributed by atoms with Crippen molar-refractivity contribution in [3.8, 4) is 0 Å². The van der Waals surface area contributed by atoms with Crippen molar-refractivity contribution in [3.63, 3.8) is 0 Å². The number of alkyl halides is 1. The van der Waals surface area contributed by atoms with Crippen molar-refractivity contribution >= 4 is 27.3 Å². The summed E-state index contributed by atoms with van der Waals surface area (Å²) in [6.07, 6.45) is 5.03. The molecule has 0 aliphatic carbocycles. The molecule has 0 aliphatic rings. The van der Waals surface area contributed by atoms with E-state index < -0.39 is 0 Å². The quantitative estimate of drug-likeness (QED) is 0.659. The molecule has 0 saturated heterocycles. The van der Waals surface area contributed by atoms with Gasteiger partial charge in [-0.1, -0.05) is 42.6 Å². The molecule has 13 heavy (non-hydrogen) atoms. The summed E-state index contributed by atoms with van der Waals surface area (Å²) < 4.78 is 0. The molecule has 0 bridgehead atoms. The van der Waals surface area contributed by atoms with Crippen LogP contribution < -0.4 is 0 Å². The molecule has 2 heteroatoms. The monoisotopic (exact) mass is 260 g/mol. The Kier molecular flexibility index (Phi) is 5.04. The van der Waals surface area contributed by atoms with E-state index in [1.54, 1.807) is 0 Å². The highest BCUT2D eigenvalue weighted by atomic mass is 79.9. The van der Waals surface area contributed by atoms with E-state index in [0.717, 1.165) is 6.42 Å². The molecule has 1 heterocycles. The van der Waals surface area contributed by atoms with Crippen LogP contribution in [0.3, 0.4) is 0 Å². The molecule has 1 atom stereocenters. The molecule has 0 N–H and O–H groups in total. The van der Waals surface area contributed by atoms with Gasteiger partial charge in [-0.05, 0) is 25.0 Å². The van der Waals surface area contributed by atoms with Crippen molar-refractivity contribution in [1.82, 2.24) is 0 Å². The van der Waals surface area contributed by atoms with E-state index in [-0.39, 0.29) is 0 Å². The number of unbranched alkanes of at least 4 members (excludes halogenated alkanes) is 1. The molecule has 0 aliphatic heterocycles. The average Bonchev–Trinajstić information content (AvgIpc) is 2.62. The van der Waals surface area contributed by atoms with Crippen LogP contribution in [0.5, 0.6) is 0 Å². The zero-order valence-corrected chi connectivity index (χ0v) is 10.7. The van der Waals surface area contributed by atoms with Gasteiger partial charge in [0.15, 0.2) is 0 Å². The van der Waals surface area contributed by atoms with E-state index in [1.807, 2.05) is 11.3 Å². The lowest BCUT2D eigenvalue weighted by molar-refractivity contribution is 0.718. The number of aryl methyl sites for hydroxylation is 1. The van der Waals surface area contributed by atoms with Crippen molar-refractivity contribution < 1.29 is 0 Å². The van der Waals surface area contributed by atoms with Gasteiger partial charge in [0, 0.05) is 14.6 Å². The molecular weight excluding hydrogens is 244 g/mol. The molecule has 0 fully saturated rings. The van der Waals surface area contributed by atoms with E-state index in [1.165, 1.54) is 29.0 Å². The summed E-state index contributed by atoms with van der Waals surface area (Å²) in [5, 5.41) is 0. The first-order chi connectivity index (χ1) is 6.27. The molecule has 0 radical (unpaired) electrons. The van der Waals surface area contributed by atoms with Crippen LogP contribution in [-0.2, 0) is 6.42 Å². The topological polar surface area (TPSA) is 0 Å². The van der Waals surface area contributed by atoms with Crippen LogP contribution in [-0.4, -0.2) is 0 Å². The predicted molar refractivity (Wildman–Crippen MR) is 64.9 cm³/mol. The zero-order chi connectivity index (χ0) is 9.68. The molecule has 1 rings (SSSR count). The second kappa shape index (κ2) is 5.82. The molecule has 0 aromatic carbocycles. The highest BCUT2D eigenvalue weighted by molar-refractivity contribution is 9.09. The first kappa shape index (κ1) is 11.3. The second-order valence-corrected chi connectivity index (χ2v) is 5.57. The number of hydrogen-bond donors (Lipinski definition) is 0. The van der Waals surface area contributed by atoms with E-state index in [2.05, 4.69) is 41.9 Å². The van der Waals surface area contributed by atoms with Crippen molar-refractivity contribution in [2.24, 2.45) is 0 Å². The molecule has 1 aromatic rings. The number of thiophene rings is 1. The third-order valence-corrected chi connectivity index (χ3v) is 4.75. The fourth-order valence-corrected chi connectivity index (χ4v) is 3.00. The van der Waals surface area contributed by atoms with E-state index in [4.69, 9.17) is 0 Å². The lowest BCUT2D eigenvalue weighted by Gasteiger charge is -2.05. The van der Waals surface area contributed by atoms with Crippen molar-refractivity contribution in [3.05, 3.63) is 21.9 Å². The largest absolute Gasteiger partial charge is 0.144 e. The fourth-order valence-electron chi connectivity index (χ4n) is 1.28. The summed E-state index contributed by atoms with van der Waals surface area (Å²) in [6, 6.07) is 4.51. The number of rotatable bonds is 5. The van der Waals surface area contributed by atoms with E-state index in [0.29, 0.717) is 4.83 Å². The molecule has 1 aromatic heterocycles. The standard InChI is InChI=1S/C11H17BrS/c1-3-5-6-10(12)11-8-7-9(4-2)13-11/h7-8,10H,3-6H2,1-2H3. The van der Waals surface area contributed by atoms with Gasteiger partial charge in [-0.3, -0.25) is 0 Å². The van der Waals surface area contributed by atoms with Gasteiger partial charge in [-0.25, -0.2) is 0 Å². The van der Waals surface area contributed by atoms with Crippen molar-refractivity contribution in [1.29, 1.82) is 0 Å². The third-order valence-electron chi connectivity index (χ3n) is 2.15. The van der Waals surface area contributed by atoms with Crippen LogP contribution in [0.25, 0.3) is 0 Å². The van der Waals surface area contributed by atoms with Crippen LogP contribution in [0.15, 0.2) is 12.1 Å². The van der Waals surface area contributed by atoms with Crippen LogP contribution >= 0.6 is 27.3 Å². The summed E-state index contributed by atoms with van der Waals surface area (Å²) in [5.74, 6) is 0. The molecule has 0 amide bonds. The zero-order valence-electron chi connectivity index (χ0n) is 8.35. The van der Waals surface area contributed by atoms with Crippen molar-refractivity contribution in [2.45, 2.75) is 44.4 Å². The van der Waals surface area contributed by atoms with Crippen LogP contribution in [0, 0.1) is 0 Å². The van der Waals surface area contributed by atoms with Crippen LogP contribution in [0.2, 0.25) is 0 Å². The van der Waals surface area contributed by atoms with Gasteiger partial charge < -0.3 is 0 Å². The van der Waals surface area contributed by atoms with Gasteiger partial charge in [-0.2, -0.15) is 0 Å². The Hall–Kier alpha value is 0.180. The normalized spacial score (nSPS) is 13.2. The highest BCUT2D eigenvalue weighted by Crippen LogP contribution is 2.33. The Morgan fingerprint density at radius 3 is 2.69 bits per heavy atom. The number of hydrogen-bond acceptors (Lipinski definition) is 1. The smallest absolute Gasteiger partial charge is 0.0489 e. The third kappa shape index (κ3) is 3.43. The molecule has 1 unspecified atom stereocenters. The van der Waals surface area contributed by atoms with Gasteiger partial charge in [0.05, 0.1) is 0 Å². The second-order valence-electron chi connectivity index (χ2n) is 3.27. The fraction of sp³-hybridized carbons (Fsp3) is 0.636. The van der Waals surface area contributed by atoms with E-state index >= 15 is 0 Å². The lowest BCUT2D eigenvalue weighted by Crippen LogP contribution is -1.84. The summed E-state index contributed by atoms with van der Waals surface area (Å²) in [5.41, 5.74) is 0. The molecule has 74 valence electrons. The maximum Gasteiger partial charge on any atom is 0.0489 e. The maximum atomic E-state index is 3.74. The molecular formula is C11H17BrS. The molecule has 0 saturated carbocycles. The van der Waals surface area contributed by atoms with Gasteiger partial charge in [0.1, 0.15) is 0 Å². The predicted octanol–water partition coefficient (Wildman–Crippen LogP) is 4.94. The Morgan fingerprint density at radius 2 is 2.15 bits per heavy atom. The minimum Gasteiger partial charge on any atom is -0.144 e. The minimum atomic E-state index is 0.581. The summed E-state index contributed by atoms with van der Waals surface area (Å²) in [4.78, 5) is 3.57. The van der Waals surface area contributed by atoms with Gasteiger partial charge in [0.2, 0.25) is 0 Å². The Bertz CT molecular complexity index is 242. The van der Waals surface area contributed by atoms with Crippen LogP contribution in [0.1, 0.15) is 47.7 Å². The summed E-state index contributed by atoms with van der Waals surface area (Å²) >= 11 is 5.68. The maximum absolute atomic E-state index is 3.74. The van der Waals surface area contributed by atoms with Gasteiger partial charge >= 0.3 is 0 Å². The number of halogens is 1. The Labute approximate surface area is 93.5 Å². The summed E-state index contributed by atoms with van der Waals surface area (Å²) in [7, 11) is 0. The van der Waals surface area contributed by atoms with Gasteiger partial charge in [-0.15, -0.1) is 11.3 Å².